The molecule has 0 radical (unpaired) electrons. The number of nitrogens with zero attached hydrogens (tertiary/aromatic N) is 1. The van der Waals surface area contributed by atoms with Gasteiger partial charge in [-0.05, 0) is 45.2 Å². The van der Waals surface area contributed by atoms with Gasteiger partial charge in [0.25, 0.3) is 0 Å². The maximum atomic E-state index is 12.7. The van der Waals surface area contributed by atoms with E-state index in [4.69, 9.17) is 4.42 Å². The summed E-state index contributed by atoms with van der Waals surface area (Å²) in [6.45, 7) is 6.30. The molecular formula is C18H23NO3. The Kier molecular flexibility index (Phi) is 3.73. The van der Waals surface area contributed by atoms with E-state index >= 15 is 0 Å². The zero-order valence-electron chi connectivity index (χ0n) is 13.4. The quantitative estimate of drug-likeness (QED) is 0.948. The number of hydrogen-bond acceptors (Lipinski definition) is 3. The molecule has 2 heterocycles. The average molecular weight is 301 g/mol. The number of aliphatic hydroxyl groups is 1. The average Bonchev–Trinajstić information content (AvgIpc) is 3.05. The molecule has 0 spiro atoms. The molecule has 2 aromatic rings. The molecule has 1 aromatic heterocycles. The van der Waals surface area contributed by atoms with Gasteiger partial charge in [0.2, 0.25) is 5.91 Å². The van der Waals surface area contributed by atoms with Gasteiger partial charge in [0.1, 0.15) is 5.58 Å². The van der Waals surface area contributed by atoms with E-state index in [0.29, 0.717) is 6.42 Å². The number of carbonyl (C=O) groups is 1. The molecule has 0 aliphatic carbocycles. The zero-order valence-corrected chi connectivity index (χ0v) is 13.4. The first-order valence-electron chi connectivity index (χ1n) is 7.85. The van der Waals surface area contributed by atoms with Crippen LogP contribution >= 0.6 is 0 Å². The lowest BCUT2D eigenvalue weighted by Crippen LogP contribution is -2.48. The highest BCUT2D eigenvalue weighted by Crippen LogP contribution is 2.29. The predicted molar refractivity (Wildman–Crippen MR) is 85.7 cm³/mol. The van der Waals surface area contributed by atoms with E-state index < -0.39 is 5.60 Å². The molecule has 3 rings (SSSR count). The monoisotopic (exact) mass is 301 g/mol. The SMILES string of the molecule is Cc1ccc2c(CC(=O)N3CCCC3C(C)(C)O)coc2c1. The minimum absolute atomic E-state index is 0.0629. The van der Waals surface area contributed by atoms with Crippen LogP contribution in [0.4, 0.5) is 0 Å². The van der Waals surface area contributed by atoms with Crippen LogP contribution in [-0.2, 0) is 11.2 Å². The molecule has 1 fully saturated rings. The summed E-state index contributed by atoms with van der Waals surface area (Å²) in [7, 11) is 0. The molecule has 1 amide bonds. The zero-order chi connectivity index (χ0) is 15.9. The highest BCUT2D eigenvalue weighted by atomic mass is 16.3. The van der Waals surface area contributed by atoms with Crippen molar-refractivity contribution in [2.75, 3.05) is 6.54 Å². The fourth-order valence-electron chi connectivity index (χ4n) is 3.39. The Morgan fingerprint density at radius 1 is 1.45 bits per heavy atom. The Labute approximate surface area is 130 Å². The van der Waals surface area contributed by atoms with Gasteiger partial charge in [0, 0.05) is 17.5 Å². The first-order chi connectivity index (χ1) is 10.4. The molecule has 1 N–H and O–H groups in total. The molecule has 0 saturated carbocycles. The lowest BCUT2D eigenvalue weighted by atomic mass is 9.96. The van der Waals surface area contributed by atoms with Crippen LogP contribution in [0, 0.1) is 6.92 Å². The summed E-state index contributed by atoms with van der Waals surface area (Å²) < 4.78 is 5.57. The van der Waals surface area contributed by atoms with E-state index in [1.165, 1.54) is 0 Å². The fraction of sp³-hybridized carbons (Fsp3) is 0.500. The van der Waals surface area contributed by atoms with Crippen LogP contribution in [0.3, 0.4) is 0 Å². The third-order valence-corrected chi connectivity index (χ3v) is 4.54. The van der Waals surface area contributed by atoms with Gasteiger partial charge in [-0.25, -0.2) is 0 Å². The highest BCUT2D eigenvalue weighted by Gasteiger charge is 2.38. The number of hydrogen-bond donors (Lipinski definition) is 1. The summed E-state index contributed by atoms with van der Waals surface area (Å²) in [5.41, 5.74) is 2.02. The van der Waals surface area contributed by atoms with E-state index in [1.54, 1.807) is 20.1 Å². The van der Waals surface area contributed by atoms with Crippen LogP contribution < -0.4 is 0 Å². The van der Waals surface area contributed by atoms with Crippen molar-refractivity contribution in [3.63, 3.8) is 0 Å². The van der Waals surface area contributed by atoms with E-state index in [1.807, 2.05) is 30.0 Å². The molecule has 1 aliphatic rings. The minimum atomic E-state index is -0.859. The van der Waals surface area contributed by atoms with E-state index in [-0.39, 0.29) is 11.9 Å². The molecular weight excluding hydrogens is 278 g/mol. The van der Waals surface area contributed by atoms with Crippen LogP contribution in [0.5, 0.6) is 0 Å². The van der Waals surface area contributed by atoms with Crippen molar-refractivity contribution in [1.82, 2.24) is 4.90 Å². The summed E-state index contributed by atoms with van der Waals surface area (Å²) in [6, 6.07) is 5.93. The molecule has 1 aromatic carbocycles. The van der Waals surface area contributed by atoms with E-state index in [9.17, 15) is 9.90 Å². The maximum absolute atomic E-state index is 12.7. The number of fused-ring (bicyclic) bond motifs is 1. The summed E-state index contributed by atoms with van der Waals surface area (Å²) in [5.74, 6) is 0.0629. The third-order valence-electron chi connectivity index (χ3n) is 4.54. The second kappa shape index (κ2) is 5.43. The predicted octanol–water partition coefficient (Wildman–Crippen LogP) is 3.05. The number of benzene rings is 1. The Bertz CT molecular complexity index is 696. The van der Waals surface area contributed by atoms with Gasteiger partial charge in [-0.1, -0.05) is 12.1 Å². The highest BCUT2D eigenvalue weighted by molar-refractivity contribution is 5.88. The van der Waals surface area contributed by atoms with Gasteiger partial charge < -0.3 is 14.4 Å². The maximum Gasteiger partial charge on any atom is 0.227 e. The first-order valence-corrected chi connectivity index (χ1v) is 7.85. The van der Waals surface area contributed by atoms with Crippen LogP contribution in [0.1, 0.15) is 37.8 Å². The molecule has 118 valence electrons. The molecule has 1 aliphatic heterocycles. The topological polar surface area (TPSA) is 53.7 Å². The van der Waals surface area contributed by atoms with Gasteiger partial charge in [-0.15, -0.1) is 0 Å². The van der Waals surface area contributed by atoms with Crippen LogP contribution in [0.25, 0.3) is 11.0 Å². The number of amides is 1. The lowest BCUT2D eigenvalue weighted by Gasteiger charge is -2.33. The van der Waals surface area contributed by atoms with Crippen molar-refractivity contribution in [2.24, 2.45) is 0 Å². The van der Waals surface area contributed by atoms with Gasteiger partial charge >= 0.3 is 0 Å². The van der Waals surface area contributed by atoms with Crippen molar-refractivity contribution >= 4 is 16.9 Å². The van der Waals surface area contributed by atoms with E-state index in [2.05, 4.69) is 0 Å². The molecule has 4 heteroatoms. The number of carbonyl (C=O) groups excluding carboxylic acids is 1. The van der Waals surface area contributed by atoms with Crippen molar-refractivity contribution in [3.05, 3.63) is 35.6 Å². The van der Waals surface area contributed by atoms with Gasteiger partial charge in [0.05, 0.1) is 24.3 Å². The Morgan fingerprint density at radius 2 is 2.23 bits per heavy atom. The van der Waals surface area contributed by atoms with Gasteiger partial charge in [-0.3, -0.25) is 4.79 Å². The van der Waals surface area contributed by atoms with E-state index in [0.717, 1.165) is 41.5 Å². The van der Waals surface area contributed by atoms with Crippen LogP contribution in [-0.4, -0.2) is 34.1 Å². The summed E-state index contributed by atoms with van der Waals surface area (Å²) in [6.07, 6.45) is 3.81. The first kappa shape index (κ1) is 15.1. The van der Waals surface area contributed by atoms with Gasteiger partial charge in [0.15, 0.2) is 0 Å². The summed E-state index contributed by atoms with van der Waals surface area (Å²) in [5, 5.41) is 11.3. The lowest BCUT2D eigenvalue weighted by molar-refractivity contribution is -0.135. The molecule has 22 heavy (non-hydrogen) atoms. The molecule has 4 nitrogen and oxygen atoms in total. The number of rotatable bonds is 3. The third kappa shape index (κ3) is 2.75. The van der Waals surface area contributed by atoms with Crippen molar-refractivity contribution < 1.29 is 14.3 Å². The Hall–Kier alpha value is -1.81. The minimum Gasteiger partial charge on any atom is -0.464 e. The van der Waals surface area contributed by atoms with Crippen molar-refractivity contribution in [2.45, 2.75) is 51.7 Å². The van der Waals surface area contributed by atoms with Crippen molar-refractivity contribution in [1.29, 1.82) is 0 Å². The standard InChI is InChI=1S/C18H23NO3/c1-12-6-7-14-13(11-22-15(14)9-12)10-17(20)19-8-4-5-16(19)18(2,3)21/h6-7,9,11,16,21H,4-5,8,10H2,1-3H3. The normalized spacial score (nSPS) is 19.1. The smallest absolute Gasteiger partial charge is 0.227 e. The number of aryl methyl sites for hydroxylation is 1. The Balaban J connectivity index is 1.81. The molecule has 1 unspecified atom stereocenters. The Morgan fingerprint density at radius 3 is 2.95 bits per heavy atom. The molecule has 0 bridgehead atoms. The van der Waals surface area contributed by atoms with Gasteiger partial charge in [-0.2, -0.15) is 0 Å². The second-order valence-corrected chi connectivity index (χ2v) is 6.84. The summed E-state index contributed by atoms with van der Waals surface area (Å²) in [4.78, 5) is 14.5. The largest absolute Gasteiger partial charge is 0.464 e. The number of furan rings is 1. The number of likely N-dealkylation sites (tertiary alicyclic amines) is 1. The van der Waals surface area contributed by atoms with Crippen molar-refractivity contribution in [3.8, 4) is 0 Å². The van der Waals surface area contributed by atoms with Crippen LogP contribution in [0.15, 0.2) is 28.9 Å². The fourth-order valence-corrected chi connectivity index (χ4v) is 3.39. The molecule has 1 saturated heterocycles. The van der Waals surface area contributed by atoms with Crippen LogP contribution in [0.2, 0.25) is 0 Å². The summed E-state index contributed by atoms with van der Waals surface area (Å²) >= 11 is 0. The molecule has 1 atom stereocenters. The second-order valence-electron chi connectivity index (χ2n) is 6.84.